The number of imide groups is 1. The molecule has 0 spiro atoms. The maximum atomic E-state index is 13.4. The summed E-state index contributed by atoms with van der Waals surface area (Å²) in [4.78, 5) is 39.1. The molecule has 2 atom stereocenters. The van der Waals surface area contributed by atoms with E-state index in [0.29, 0.717) is 21.0 Å². The molecular formula is C22H17ClF3N3O6S. The van der Waals surface area contributed by atoms with Crippen molar-refractivity contribution in [2.24, 2.45) is 5.10 Å². The number of hydrogen-bond donors (Lipinski definition) is 0. The van der Waals surface area contributed by atoms with Gasteiger partial charge in [-0.3, -0.25) is 0 Å². The van der Waals surface area contributed by atoms with E-state index in [1.807, 2.05) is 0 Å². The number of thioether (sulfide) groups is 1. The fourth-order valence-corrected chi connectivity index (χ4v) is 4.69. The van der Waals surface area contributed by atoms with Gasteiger partial charge in [0, 0.05) is 16.9 Å². The number of carbonyl (C=O) groups excluding carboxylic acids is 3. The number of carbonyl (C=O) groups is 3. The van der Waals surface area contributed by atoms with Crippen molar-refractivity contribution in [3.8, 4) is 0 Å². The molecule has 14 heteroatoms. The smallest absolute Gasteiger partial charge is 0.446 e. The fourth-order valence-electron chi connectivity index (χ4n) is 3.87. The Kier molecular flexibility index (Phi) is 6.90. The second kappa shape index (κ2) is 9.64. The highest BCUT2D eigenvalue weighted by Gasteiger charge is 2.57. The van der Waals surface area contributed by atoms with Crippen molar-refractivity contribution in [2.45, 2.75) is 28.1 Å². The Bertz CT molecular complexity index is 1240. The minimum atomic E-state index is -4.52. The maximum Gasteiger partial charge on any atom is 0.446 e. The Hall–Kier alpha value is -3.29. The number of benzene rings is 2. The van der Waals surface area contributed by atoms with Gasteiger partial charge in [-0.15, -0.1) is 0 Å². The first-order valence-electron chi connectivity index (χ1n) is 10.2. The first-order valence-corrected chi connectivity index (χ1v) is 11.4. The quantitative estimate of drug-likeness (QED) is 0.239. The van der Waals surface area contributed by atoms with Crippen LogP contribution in [0, 0.1) is 0 Å². The third kappa shape index (κ3) is 4.61. The van der Waals surface area contributed by atoms with Gasteiger partial charge in [-0.05, 0) is 41.6 Å². The third-order valence-electron chi connectivity index (χ3n) is 5.38. The molecule has 1 heterocycles. The van der Waals surface area contributed by atoms with E-state index in [-0.39, 0.29) is 34.5 Å². The lowest BCUT2D eigenvalue weighted by Gasteiger charge is -2.38. The number of halogens is 4. The Morgan fingerprint density at radius 1 is 1.14 bits per heavy atom. The van der Waals surface area contributed by atoms with Crippen molar-refractivity contribution in [1.82, 2.24) is 5.01 Å². The summed E-state index contributed by atoms with van der Waals surface area (Å²) in [6, 6.07) is 10.2. The third-order valence-corrected chi connectivity index (χ3v) is 6.39. The molecule has 0 aromatic heterocycles. The number of hydrazone groups is 1. The predicted octanol–water partition coefficient (Wildman–Crippen LogP) is 4.72. The predicted molar refractivity (Wildman–Crippen MR) is 123 cm³/mol. The van der Waals surface area contributed by atoms with Gasteiger partial charge in [0.1, 0.15) is 5.71 Å². The second-order valence-electron chi connectivity index (χ2n) is 7.49. The number of methoxy groups -OCH3 is 2. The number of rotatable bonds is 3. The van der Waals surface area contributed by atoms with Crippen LogP contribution in [0.5, 0.6) is 0 Å². The van der Waals surface area contributed by atoms with E-state index in [1.54, 1.807) is 24.3 Å². The number of nitrogens with zero attached hydrogens (tertiary/aromatic N) is 3. The lowest BCUT2D eigenvalue weighted by molar-refractivity contribution is -0.169. The monoisotopic (exact) mass is 543 g/mol. The number of ether oxygens (including phenoxy) is 3. The van der Waals surface area contributed by atoms with Crippen LogP contribution in [0.2, 0.25) is 0 Å². The number of hydrogen-bond acceptors (Lipinski definition) is 8. The molecule has 0 bridgehead atoms. The molecule has 0 N–H and O–H groups in total. The minimum Gasteiger partial charge on any atom is -0.467 e. The Morgan fingerprint density at radius 2 is 1.81 bits per heavy atom. The van der Waals surface area contributed by atoms with E-state index in [4.69, 9.17) is 25.8 Å². The highest BCUT2D eigenvalue weighted by molar-refractivity contribution is 8.00. The number of esters is 1. The number of amides is 3. The largest absolute Gasteiger partial charge is 0.467 e. The lowest BCUT2D eigenvalue weighted by atomic mass is 9.97. The van der Waals surface area contributed by atoms with Crippen molar-refractivity contribution < 1.29 is 41.8 Å². The van der Waals surface area contributed by atoms with Crippen LogP contribution in [0.3, 0.4) is 0 Å². The molecule has 1 aliphatic carbocycles. The van der Waals surface area contributed by atoms with Gasteiger partial charge in [0.25, 0.3) is 0 Å². The topological polar surface area (TPSA) is 97.7 Å². The summed E-state index contributed by atoms with van der Waals surface area (Å²) in [5.41, 5.74) is -6.73. The molecule has 2 aliphatic rings. The lowest BCUT2D eigenvalue weighted by Crippen LogP contribution is -2.59. The van der Waals surface area contributed by atoms with Crippen LogP contribution in [0.25, 0.3) is 0 Å². The zero-order valence-electron chi connectivity index (χ0n) is 18.6. The number of anilines is 1. The van der Waals surface area contributed by atoms with Gasteiger partial charge in [0.15, 0.2) is 0 Å². The van der Waals surface area contributed by atoms with Gasteiger partial charge in [-0.2, -0.15) is 28.2 Å². The molecule has 1 aliphatic heterocycles. The van der Waals surface area contributed by atoms with Crippen molar-refractivity contribution in [2.75, 3.05) is 19.1 Å². The standard InChI is InChI=1S/C22H17ClF3N3O6S/c1-33-17(30)21-11-12-5-3-4-6-15(12)16(21)27-29(18(23)35-21)19(31)28(20(32)34-2)13-7-9-14(10-8-13)36-22(24,25)26/h3-10,18H,11H2,1-2H3. The summed E-state index contributed by atoms with van der Waals surface area (Å²) in [5.74, 6) is -0.780. The van der Waals surface area contributed by atoms with E-state index in [9.17, 15) is 27.6 Å². The average Bonchev–Trinajstić information content (AvgIpc) is 3.17. The zero-order chi connectivity index (χ0) is 26.3. The molecule has 2 unspecified atom stereocenters. The summed E-state index contributed by atoms with van der Waals surface area (Å²) in [6.45, 7) is 0. The van der Waals surface area contributed by atoms with Crippen molar-refractivity contribution in [3.63, 3.8) is 0 Å². The fraction of sp³-hybridized carbons (Fsp3) is 0.273. The number of fused-ring (bicyclic) bond motifs is 3. The van der Waals surface area contributed by atoms with Gasteiger partial charge in [-0.25, -0.2) is 14.4 Å². The molecule has 0 saturated heterocycles. The molecule has 190 valence electrons. The Labute approximate surface area is 211 Å². The van der Waals surface area contributed by atoms with Crippen molar-refractivity contribution >= 4 is 52.9 Å². The molecule has 4 rings (SSSR count). The van der Waals surface area contributed by atoms with Gasteiger partial charge >= 0.3 is 23.6 Å². The normalized spacial score (nSPS) is 20.7. The van der Waals surface area contributed by atoms with Crippen molar-refractivity contribution in [3.05, 3.63) is 59.7 Å². The van der Waals surface area contributed by atoms with Crippen LogP contribution < -0.4 is 4.90 Å². The van der Waals surface area contributed by atoms with Crippen LogP contribution in [0.15, 0.2) is 58.5 Å². The van der Waals surface area contributed by atoms with Crippen LogP contribution in [-0.2, 0) is 25.4 Å². The van der Waals surface area contributed by atoms with Gasteiger partial charge in [0.05, 0.1) is 19.9 Å². The van der Waals surface area contributed by atoms with Gasteiger partial charge in [-0.1, -0.05) is 35.9 Å². The minimum absolute atomic E-state index is 0.0527. The summed E-state index contributed by atoms with van der Waals surface area (Å²) in [6.07, 6.45) is -1.10. The Balaban J connectivity index is 1.74. The van der Waals surface area contributed by atoms with E-state index in [1.165, 1.54) is 7.11 Å². The van der Waals surface area contributed by atoms with Crippen LogP contribution in [0.1, 0.15) is 11.1 Å². The molecular weight excluding hydrogens is 527 g/mol. The first-order chi connectivity index (χ1) is 17.0. The molecule has 2 aromatic carbocycles. The first kappa shape index (κ1) is 25.8. The van der Waals surface area contributed by atoms with E-state index in [0.717, 1.165) is 31.4 Å². The summed E-state index contributed by atoms with van der Waals surface area (Å²) in [7, 11) is 2.18. The van der Waals surface area contributed by atoms with E-state index in [2.05, 4.69) is 5.10 Å². The van der Waals surface area contributed by atoms with Crippen LogP contribution in [0.4, 0.5) is 28.4 Å². The molecule has 9 nitrogen and oxygen atoms in total. The second-order valence-corrected chi connectivity index (χ2v) is 9.00. The molecule has 36 heavy (non-hydrogen) atoms. The van der Waals surface area contributed by atoms with E-state index >= 15 is 0 Å². The summed E-state index contributed by atoms with van der Waals surface area (Å²) in [5, 5.41) is 4.91. The molecule has 0 radical (unpaired) electrons. The van der Waals surface area contributed by atoms with Crippen molar-refractivity contribution in [1.29, 1.82) is 0 Å². The summed E-state index contributed by atoms with van der Waals surface area (Å²) < 4.78 is 53.4. The summed E-state index contributed by atoms with van der Waals surface area (Å²) >= 11 is 5.96. The average molecular weight is 544 g/mol. The highest BCUT2D eigenvalue weighted by Crippen LogP contribution is 2.41. The Morgan fingerprint density at radius 3 is 2.42 bits per heavy atom. The maximum absolute atomic E-state index is 13.4. The molecule has 3 amide bonds. The zero-order valence-corrected chi connectivity index (χ0v) is 20.2. The van der Waals surface area contributed by atoms with Crippen LogP contribution in [-0.4, -0.2) is 59.8 Å². The SMILES string of the molecule is COC(=O)N(C(=O)N1N=C2c3ccccc3CC2(C(=O)OC)OC1Cl)c1ccc(SC(F)(F)F)cc1. The van der Waals surface area contributed by atoms with Crippen LogP contribution >= 0.6 is 23.4 Å². The molecule has 0 fully saturated rings. The number of alkyl halides is 4. The number of urea groups is 1. The van der Waals surface area contributed by atoms with Gasteiger partial charge in [0.2, 0.25) is 11.3 Å². The molecule has 2 aromatic rings. The van der Waals surface area contributed by atoms with Gasteiger partial charge < -0.3 is 14.2 Å². The highest BCUT2D eigenvalue weighted by atomic mass is 35.5. The molecule has 0 saturated carbocycles. The van der Waals surface area contributed by atoms with E-state index < -0.39 is 34.9 Å².